The Balaban J connectivity index is 1.51. The highest BCUT2D eigenvalue weighted by atomic mass is 32.1. The molecule has 0 aliphatic carbocycles. The summed E-state index contributed by atoms with van der Waals surface area (Å²) in [7, 11) is 0. The molecule has 0 atom stereocenters. The second-order valence-electron chi connectivity index (χ2n) is 5.75. The van der Waals surface area contributed by atoms with E-state index in [2.05, 4.69) is 16.4 Å². The molecule has 0 spiro atoms. The number of aryl methyl sites for hydroxylation is 1. The van der Waals surface area contributed by atoms with Crippen LogP contribution in [-0.2, 0) is 17.8 Å². The van der Waals surface area contributed by atoms with Gasteiger partial charge in [0.2, 0.25) is 5.91 Å². The number of nitriles is 1. The molecule has 1 aromatic heterocycles. The largest absolute Gasteiger partial charge is 0.487 e. The summed E-state index contributed by atoms with van der Waals surface area (Å²) in [4.78, 5) is 16.5. The SMILES string of the molecule is Cc1ccc(NC(=O)Cc2nc(COc3ccc(C#N)cc3)cs2)cc1. The van der Waals surface area contributed by atoms with Crippen molar-refractivity contribution in [2.45, 2.75) is 20.0 Å². The summed E-state index contributed by atoms with van der Waals surface area (Å²) in [5, 5.41) is 14.3. The number of nitrogens with one attached hydrogen (secondary N) is 1. The maximum atomic E-state index is 12.1. The number of amides is 1. The zero-order chi connectivity index (χ0) is 18.4. The first-order valence-electron chi connectivity index (χ1n) is 8.05. The van der Waals surface area contributed by atoms with E-state index in [0.717, 1.165) is 22.0 Å². The molecule has 130 valence electrons. The maximum Gasteiger partial charge on any atom is 0.231 e. The number of anilines is 1. The topological polar surface area (TPSA) is 75.0 Å². The summed E-state index contributed by atoms with van der Waals surface area (Å²) >= 11 is 1.44. The number of rotatable bonds is 6. The third-order valence-electron chi connectivity index (χ3n) is 3.62. The molecular formula is C20H17N3O2S. The molecule has 0 unspecified atom stereocenters. The van der Waals surface area contributed by atoms with Gasteiger partial charge in [-0.15, -0.1) is 11.3 Å². The molecule has 0 fully saturated rings. The van der Waals surface area contributed by atoms with Gasteiger partial charge in [0.05, 0.1) is 23.7 Å². The Hall–Kier alpha value is -3.17. The van der Waals surface area contributed by atoms with Crippen molar-refractivity contribution in [1.82, 2.24) is 4.98 Å². The van der Waals surface area contributed by atoms with Crippen molar-refractivity contribution in [2.75, 3.05) is 5.32 Å². The van der Waals surface area contributed by atoms with Gasteiger partial charge in [0, 0.05) is 11.1 Å². The number of carbonyl (C=O) groups excluding carboxylic acids is 1. The zero-order valence-corrected chi connectivity index (χ0v) is 15.0. The van der Waals surface area contributed by atoms with Crippen LogP contribution in [0.5, 0.6) is 5.75 Å². The van der Waals surface area contributed by atoms with Gasteiger partial charge in [-0.05, 0) is 43.3 Å². The summed E-state index contributed by atoms with van der Waals surface area (Å²) < 4.78 is 5.65. The molecule has 6 heteroatoms. The van der Waals surface area contributed by atoms with E-state index in [0.29, 0.717) is 17.9 Å². The number of aromatic nitrogens is 1. The van der Waals surface area contributed by atoms with Gasteiger partial charge in [0.1, 0.15) is 17.4 Å². The number of hydrogen-bond donors (Lipinski definition) is 1. The third-order valence-corrected chi connectivity index (χ3v) is 4.51. The number of nitrogens with zero attached hydrogens (tertiary/aromatic N) is 2. The van der Waals surface area contributed by atoms with E-state index >= 15 is 0 Å². The fourth-order valence-electron chi connectivity index (χ4n) is 2.26. The highest BCUT2D eigenvalue weighted by Crippen LogP contribution is 2.16. The van der Waals surface area contributed by atoms with Gasteiger partial charge in [-0.25, -0.2) is 4.98 Å². The van der Waals surface area contributed by atoms with Crippen LogP contribution in [0.25, 0.3) is 0 Å². The van der Waals surface area contributed by atoms with Crippen molar-refractivity contribution in [3.8, 4) is 11.8 Å². The lowest BCUT2D eigenvalue weighted by Crippen LogP contribution is -2.14. The van der Waals surface area contributed by atoms with Crippen LogP contribution in [0, 0.1) is 18.3 Å². The van der Waals surface area contributed by atoms with E-state index in [1.807, 2.05) is 36.6 Å². The molecule has 0 saturated carbocycles. The number of benzene rings is 2. The van der Waals surface area contributed by atoms with E-state index in [9.17, 15) is 4.79 Å². The molecule has 0 aliphatic heterocycles. The van der Waals surface area contributed by atoms with Crippen LogP contribution in [-0.4, -0.2) is 10.9 Å². The van der Waals surface area contributed by atoms with Crippen LogP contribution in [0.3, 0.4) is 0 Å². The highest BCUT2D eigenvalue weighted by Gasteiger charge is 2.09. The molecular weight excluding hydrogens is 346 g/mol. The normalized spacial score (nSPS) is 10.2. The van der Waals surface area contributed by atoms with Crippen molar-refractivity contribution in [2.24, 2.45) is 0 Å². The van der Waals surface area contributed by atoms with Crippen LogP contribution in [0.1, 0.15) is 21.8 Å². The summed E-state index contributed by atoms with van der Waals surface area (Å²) in [5.41, 5.74) is 3.29. The Bertz CT molecular complexity index is 925. The molecule has 1 amide bonds. The van der Waals surface area contributed by atoms with Crippen molar-refractivity contribution >= 4 is 22.9 Å². The molecule has 5 nitrogen and oxygen atoms in total. The van der Waals surface area contributed by atoms with Gasteiger partial charge >= 0.3 is 0 Å². The van der Waals surface area contributed by atoms with E-state index in [4.69, 9.17) is 10.00 Å². The Kier molecular flexibility index (Phi) is 5.62. The first kappa shape index (κ1) is 17.6. The zero-order valence-electron chi connectivity index (χ0n) is 14.2. The van der Waals surface area contributed by atoms with Crippen LogP contribution >= 0.6 is 11.3 Å². The molecule has 0 aliphatic rings. The standard InChI is InChI=1S/C20H17N3O2S/c1-14-2-6-16(7-3-14)22-19(24)10-20-23-17(13-26-20)12-25-18-8-4-15(11-21)5-9-18/h2-9,13H,10,12H2,1H3,(H,22,24). The van der Waals surface area contributed by atoms with Gasteiger partial charge in [-0.2, -0.15) is 5.26 Å². The number of hydrogen-bond acceptors (Lipinski definition) is 5. The lowest BCUT2D eigenvalue weighted by atomic mass is 10.2. The average molecular weight is 363 g/mol. The minimum atomic E-state index is -0.0947. The van der Waals surface area contributed by atoms with Crippen LogP contribution in [0.15, 0.2) is 53.9 Å². The minimum Gasteiger partial charge on any atom is -0.487 e. The van der Waals surface area contributed by atoms with Crippen molar-refractivity contribution in [3.63, 3.8) is 0 Å². The fraction of sp³-hybridized carbons (Fsp3) is 0.150. The number of thiazole rings is 1. The van der Waals surface area contributed by atoms with Crippen LogP contribution < -0.4 is 10.1 Å². The lowest BCUT2D eigenvalue weighted by molar-refractivity contribution is -0.115. The average Bonchev–Trinajstić information content (AvgIpc) is 3.09. The van der Waals surface area contributed by atoms with Crippen LogP contribution in [0.4, 0.5) is 5.69 Å². The van der Waals surface area contributed by atoms with Gasteiger partial charge in [-0.1, -0.05) is 17.7 Å². The molecule has 0 saturated heterocycles. The summed E-state index contributed by atoms with van der Waals surface area (Å²) in [6.07, 6.45) is 0.232. The molecule has 1 heterocycles. The van der Waals surface area contributed by atoms with Gasteiger partial charge in [-0.3, -0.25) is 4.79 Å². The predicted molar refractivity (Wildman–Crippen MR) is 101 cm³/mol. The molecule has 1 N–H and O–H groups in total. The summed E-state index contributed by atoms with van der Waals surface area (Å²) in [6, 6.07) is 16.7. The first-order chi connectivity index (χ1) is 12.6. The quantitative estimate of drug-likeness (QED) is 0.716. The molecule has 3 rings (SSSR count). The van der Waals surface area contributed by atoms with E-state index in [1.165, 1.54) is 11.3 Å². The fourth-order valence-corrected chi connectivity index (χ4v) is 3.04. The summed E-state index contributed by atoms with van der Waals surface area (Å²) in [5.74, 6) is 0.582. The Morgan fingerprint density at radius 1 is 1.19 bits per heavy atom. The van der Waals surface area contributed by atoms with E-state index in [-0.39, 0.29) is 12.3 Å². The molecule has 0 radical (unpaired) electrons. The van der Waals surface area contributed by atoms with Crippen molar-refractivity contribution in [1.29, 1.82) is 5.26 Å². The summed E-state index contributed by atoms with van der Waals surface area (Å²) in [6.45, 7) is 2.32. The lowest BCUT2D eigenvalue weighted by Gasteiger charge is -2.04. The van der Waals surface area contributed by atoms with Gasteiger partial charge in [0.25, 0.3) is 0 Å². The van der Waals surface area contributed by atoms with Gasteiger partial charge in [0.15, 0.2) is 0 Å². The second-order valence-corrected chi connectivity index (χ2v) is 6.69. The van der Waals surface area contributed by atoms with Gasteiger partial charge < -0.3 is 10.1 Å². The molecule has 0 bridgehead atoms. The Morgan fingerprint density at radius 2 is 1.92 bits per heavy atom. The Morgan fingerprint density at radius 3 is 2.62 bits per heavy atom. The van der Waals surface area contributed by atoms with E-state index in [1.54, 1.807) is 24.3 Å². The van der Waals surface area contributed by atoms with Crippen molar-refractivity contribution in [3.05, 3.63) is 75.7 Å². The second kappa shape index (κ2) is 8.28. The Labute approximate surface area is 155 Å². The smallest absolute Gasteiger partial charge is 0.231 e. The first-order valence-corrected chi connectivity index (χ1v) is 8.93. The molecule has 3 aromatic rings. The third kappa shape index (κ3) is 4.91. The van der Waals surface area contributed by atoms with Crippen molar-refractivity contribution < 1.29 is 9.53 Å². The maximum absolute atomic E-state index is 12.1. The van der Waals surface area contributed by atoms with E-state index < -0.39 is 0 Å². The molecule has 26 heavy (non-hydrogen) atoms. The number of carbonyl (C=O) groups is 1. The monoisotopic (exact) mass is 363 g/mol. The number of ether oxygens (including phenoxy) is 1. The highest BCUT2D eigenvalue weighted by molar-refractivity contribution is 7.09. The molecule has 2 aromatic carbocycles. The van der Waals surface area contributed by atoms with Crippen LogP contribution in [0.2, 0.25) is 0 Å². The predicted octanol–water partition coefficient (Wildman–Crippen LogP) is 4.08. The minimum absolute atomic E-state index is 0.0947.